The van der Waals surface area contributed by atoms with E-state index in [1.807, 2.05) is 6.20 Å². The molecule has 2 rings (SSSR count). The highest BCUT2D eigenvalue weighted by Gasteiger charge is 2.38. The molecule has 0 amide bonds. The molecule has 1 aliphatic carbocycles. The summed E-state index contributed by atoms with van der Waals surface area (Å²) in [5.74, 6) is 0. The van der Waals surface area contributed by atoms with Crippen molar-refractivity contribution < 1.29 is 0 Å². The molecule has 1 saturated carbocycles. The number of aryl methyl sites for hydroxylation is 1. The summed E-state index contributed by atoms with van der Waals surface area (Å²) in [4.78, 5) is 5.73. The van der Waals surface area contributed by atoms with E-state index in [4.69, 9.17) is 0 Å². The van der Waals surface area contributed by atoms with Crippen LogP contribution in [0, 0.1) is 17.8 Å². The Morgan fingerprint density at radius 2 is 1.89 bits per heavy atom. The second-order valence-corrected chi connectivity index (χ2v) is 8.68. The van der Waals surface area contributed by atoms with Crippen molar-refractivity contribution in [2.45, 2.75) is 66.5 Å². The van der Waals surface area contributed by atoms with E-state index in [0.29, 0.717) is 16.9 Å². The molecule has 0 bridgehead atoms. The van der Waals surface area contributed by atoms with Crippen LogP contribution in [0.25, 0.3) is 0 Å². The monoisotopic (exact) mass is 266 g/mol. The standard InChI is InChI=1S/C15H26N2S/c1-11-8-17-13(18-11)9-16-12-6-14(2,3)10-15(4,5)7-12/h8,12,16H,6-7,9-10H2,1-5H3. The molecule has 1 aromatic rings. The Balaban J connectivity index is 1.93. The molecule has 102 valence electrons. The minimum Gasteiger partial charge on any atom is -0.308 e. The maximum Gasteiger partial charge on any atom is 0.107 e. The summed E-state index contributed by atoms with van der Waals surface area (Å²) in [6.45, 7) is 12.6. The SMILES string of the molecule is Cc1cnc(CNC2CC(C)(C)CC(C)(C)C2)s1. The Bertz CT molecular complexity index is 390. The number of aromatic nitrogens is 1. The van der Waals surface area contributed by atoms with Gasteiger partial charge < -0.3 is 5.32 Å². The number of nitrogens with one attached hydrogen (secondary N) is 1. The third-order valence-corrected chi connectivity index (χ3v) is 4.68. The van der Waals surface area contributed by atoms with Gasteiger partial charge in [-0.25, -0.2) is 4.98 Å². The van der Waals surface area contributed by atoms with Crippen molar-refractivity contribution in [2.24, 2.45) is 10.8 Å². The fraction of sp³-hybridized carbons (Fsp3) is 0.800. The lowest BCUT2D eigenvalue weighted by molar-refractivity contribution is 0.0845. The van der Waals surface area contributed by atoms with Gasteiger partial charge in [-0.2, -0.15) is 0 Å². The van der Waals surface area contributed by atoms with Gasteiger partial charge in [-0.3, -0.25) is 0 Å². The van der Waals surface area contributed by atoms with Gasteiger partial charge in [-0.1, -0.05) is 27.7 Å². The van der Waals surface area contributed by atoms with E-state index in [9.17, 15) is 0 Å². The fourth-order valence-electron chi connectivity index (χ4n) is 3.71. The van der Waals surface area contributed by atoms with E-state index in [1.165, 1.54) is 29.1 Å². The van der Waals surface area contributed by atoms with E-state index in [1.54, 1.807) is 11.3 Å². The van der Waals surface area contributed by atoms with Crippen molar-refractivity contribution in [1.29, 1.82) is 0 Å². The molecule has 1 heterocycles. The Kier molecular flexibility index (Phi) is 3.84. The molecule has 1 aliphatic rings. The molecule has 0 saturated heterocycles. The largest absolute Gasteiger partial charge is 0.308 e. The van der Waals surface area contributed by atoms with Crippen LogP contribution in [-0.2, 0) is 6.54 Å². The number of nitrogens with zero attached hydrogens (tertiary/aromatic N) is 1. The van der Waals surface area contributed by atoms with Gasteiger partial charge in [-0.05, 0) is 37.0 Å². The highest BCUT2D eigenvalue weighted by atomic mass is 32.1. The predicted molar refractivity (Wildman–Crippen MR) is 78.9 cm³/mol. The molecular formula is C15H26N2S. The zero-order chi connectivity index (χ0) is 13.4. The number of hydrogen-bond acceptors (Lipinski definition) is 3. The Morgan fingerprint density at radius 1 is 1.28 bits per heavy atom. The number of rotatable bonds is 3. The number of thiazole rings is 1. The average Bonchev–Trinajstić information content (AvgIpc) is 2.56. The summed E-state index contributed by atoms with van der Waals surface area (Å²) in [7, 11) is 0. The highest BCUT2D eigenvalue weighted by Crippen LogP contribution is 2.45. The van der Waals surface area contributed by atoms with E-state index in [2.05, 4.69) is 44.9 Å². The van der Waals surface area contributed by atoms with Crippen LogP contribution >= 0.6 is 11.3 Å². The maximum atomic E-state index is 4.43. The third kappa shape index (κ3) is 3.79. The summed E-state index contributed by atoms with van der Waals surface area (Å²) in [5.41, 5.74) is 0.913. The van der Waals surface area contributed by atoms with Gasteiger partial charge in [0.15, 0.2) is 0 Å². The third-order valence-electron chi connectivity index (χ3n) is 3.77. The van der Waals surface area contributed by atoms with Gasteiger partial charge in [0.05, 0.1) is 0 Å². The number of hydrogen-bond donors (Lipinski definition) is 1. The normalized spacial score (nSPS) is 23.2. The van der Waals surface area contributed by atoms with Crippen molar-refractivity contribution in [3.63, 3.8) is 0 Å². The van der Waals surface area contributed by atoms with Gasteiger partial charge in [0.25, 0.3) is 0 Å². The van der Waals surface area contributed by atoms with Crippen molar-refractivity contribution in [2.75, 3.05) is 0 Å². The zero-order valence-corrected chi connectivity index (χ0v) is 13.2. The van der Waals surface area contributed by atoms with Crippen molar-refractivity contribution >= 4 is 11.3 Å². The lowest BCUT2D eigenvalue weighted by Crippen LogP contribution is -2.43. The lowest BCUT2D eigenvalue weighted by Gasteiger charge is -2.45. The van der Waals surface area contributed by atoms with Gasteiger partial charge in [0.1, 0.15) is 5.01 Å². The van der Waals surface area contributed by atoms with Crippen molar-refractivity contribution in [3.8, 4) is 0 Å². The second-order valence-electron chi connectivity index (χ2n) is 7.36. The van der Waals surface area contributed by atoms with Crippen LogP contribution in [0.15, 0.2) is 6.20 Å². The molecule has 3 heteroatoms. The highest BCUT2D eigenvalue weighted by molar-refractivity contribution is 7.11. The molecule has 0 atom stereocenters. The van der Waals surface area contributed by atoms with Crippen LogP contribution in [0.4, 0.5) is 0 Å². The van der Waals surface area contributed by atoms with Crippen molar-refractivity contribution in [3.05, 3.63) is 16.1 Å². The van der Waals surface area contributed by atoms with E-state index >= 15 is 0 Å². The van der Waals surface area contributed by atoms with Gasteiger partial charge in [-0.15, -0.1) is 11.3 Å². The van der Waals surface area contributed by atoms with E-state index < -0.39 is 0 Å². The molecule has 0 unspecified atom stereocenters. The molecule has 18 heavy (non-hydrogen) atoms. The molecule has 0 aliphatic heterocycles. The first-order valence-electron chi connectivity index (χ1n) is 6.91. The minimum atomic E-state index is 0.457. The summed E-state index contributed by atoms with van der Waals surface area (Å²) < 4.78 is 0. The smallest absolute Gasteiger partial charge is 0.107 e. The van der Waals surface area contributed by atoms with Crippen LogP contribution < -0.4 is 5.32 Å². The Hall–Kier alpha value is -0.410. The topological polar surface area (TPSA) is 24.9 Å². The first-order chi connectivity index (χ1) is 8.26. The predicted octanol–water partition coefficient (Wildman–Crippen LogP) is 4.15. The molecule has 0 spiro atoms. The van der Waals surface area contributed by atoms with Crippen LogP contribution in [0.5, 0.6) is 0 Å². The summed E-state index contributed by atoms with van der Waals surface area (Å²) >= 11 is 1.80. The second kappa shape index (κ2) is 4.93. The van der Waals surface area contributed by atoms with Gasteiger partial charge >= 0.3 is 0 Å². The molecule has 2 nitrogen and oxygen atoms in total. The van der Waals surface area contributed by atoms with Gasteiger partial charge in [0.2, 0.25) is 0 Å². The van der Waals surface area contributed by atoms with Crippen LogP contribution in [0.3, 0.4) is 0 Å². The van der Waals surface area contributed by atoms with Crippen LogP contribution in [0.1, 0.15) is 56.8 Å². The first-order valence-corrected chi connectivity index (χ1v) is 7.72. The zero-order valence-electron chi connectivity index (χ0n) is 12.3. The Morgan fingerprint density at radius 3 is 2.39 bits per heavy atom. The molecule has 1 N–H and O–H groups in total. The minimum absolute atomic E-state index is 0.457. The summed E-state index contributed by atoms with van der Waals surface area (Å²) in [6.07, 6.45) is 5.85. The van der Waals surface area contributed by atoms with Crippen LogP contribution in [-0.4, -0.2) is 11.0 Å². The fourth-order valence-corrected chi connectivity index (χ4v) is 4.44. The maximum absolute atomic E-state index is 4.43. The molecule has 1 fully saturated rings. The van der Waals surface area contributed by atoms with Crippen LogP contribution in [0.2, 0.25) is 0 Å². The molecule has 1 aromatic heterocycles. The lowest BCUT2D eigenvalue weighted by atomic mass is 9.63. The van der Waals surface area contributed by atoms with E-state index in [-0.39, 0.29) is 0 Å². The van der Waals surface area contributed by atoms with Gasteiger partial charge in [0, 0.05) is 23.7 Å². The summed E-state index contributed by atoms with van der Waals surface area (Å²) in [6, 6.07) is 0.632. The molecular weight excluding hydrogens is 240 g/mol. The van der Waals surface area contributed by atoms with E-state index in [0.717, 1.165) is 6.54 Å². The first kappa shape index (κ1) is 14.0. The quantitative estimate of drug-likeness (QED) is 0.889. The van der Waals surface area contributed by atoms with Crippen molar-refractivity contribution in [1.82, 2.24) is 10.3 Å². The average molecular weight is 266 g/mol. The molecule has 0 radical (unpaired) electrons. The molecule has 0 aromatic carbocycles. The Labute approximate surface area is 115 Å². The summed E-state index contributed by atoms with van der Waals surface area (Å²) in [5, 5.41) is 4.93.